The maximum atomic E-state index is 10.9. The van der Waals surface area contributed by atoms with Crippen molar-refractivity contribution in [2.24, 2.45) is 11.8 Å². The van der Waals surface area contributed by atoms with Crippen molar-refractivity contribution in [1.29, 1.82) is 0 Å². The number of aliphatic hydroxyl groups is 1. The molecule has 1 N–H and O–H groups in total. The number of nitrogens with zero attached hydrogens (tertiary/aromatic N) is 1. The largest absolute Gasteiger partial charge is 0.390 e. The summed E-state index contributed by atoms with van der Waals surface area (Å²) >= 11 is 0. The Kier molecular flexibility index (Phi) is 4.11. The topological polar surface area (TPSA) is 23.5 Å². The van der Waals surface area contributed by atoms with Crippen LogP contribution in [0.5, 0.6) is 0 Å². The van der Waals surface area contributed by atoms with Gasteiger partial charge in [-0.15, -0.1) is 0 Å². The Morgan fingerprint density at radius 1 is 1.24 bits per heavy atom. The van der Waals surface area contributed by atoms with E-state index in [-0.39, 0.29) is 0 Å². The van der Waals surface area contributed by atoms with E-state index in [0.717, 1.165) is 25.9 Å². The van der Waals surface area contributed by atoms with Crippen molar-refractivity contribution >= 4 is 0 Å². The van der Waals surface area contributed by atoms with E-state index in [9.17, 15) is 5.11 Å². The van der Waals surface area contributed by atoms with Crippen LogP contribution in [0.3, 0.4) is 0 Å². The lowest BCUT2D eigenvalue weighted by Crippen LogP contribution is -2.44. The van der Waals surface area contributed by atoms with Crippen molar-refractivity contribution in [1.82, 2.24) is 4.90 Å². The Morgan fingerprint density at radius 2 is 1.95 bits per heavy atom. The lowest BCUT2D eigenvalue weighted by Gasteiger charge is -2.40. The minimum absolute atomic E-state index is 0.404. The molecule has 3 atom stereocenters. The number of hydrogen-bond acceptors (Lipinski definition) is 2. The van der Waals surface area contributed by atoms with Crippen LogP contribution in [0.4, 0.5) is 0 Å². The summed E-state index contributed by atoms with van der Waals surface area (Å²) < 4.78 is 0. The van der Waals surface area contributed by atoms with Gasteiger partial charge >= 0.3 is 0 Å². The van der Waals surface area contributed by atoms with Crippen molar-refractivity contribution in [2.45, 2.75) is 58.6 Å². The van der Waals surface area contributed by atoms with E-state index in [0.29, 0.717) is 11.8 Å². The van der Waals surface area contributed by atoms with Crippen LogP contribution in [0.15, 0.2) is 18.2 Å². The molecule has 3 rings (SSSR count). The fraction of sp³-hybridized carbons (Fsp3) is 0.684. The molecule has 1 aliphatic heterocycles. The molecule has 1 heterocycles. The summed E-state index contributed by atoms with van der Waals surface area (Å²) in [6, 6.07) is 6.58. The summed E-state index contributed by atoms with van der Waals surface area (Å²) in [4.78, 5) is 2.58. The van der Waals surface area contributed by atoms with Gasteiger partial charge in [0, 0.05) is 25.6 Å². The van der Waals surface area contributed by atoms with E-state index in [2.05, 4.69) is 43.9 Å². The highest BCUT2D eigenvalue weighted by molar-refractivity contribution is 5.33. The summed E-state index contributed by atoms with van der Waals surface area (Å²) in [5.74, 6) is 1.19. The predicted molar refractivity (Wildman–Crippen MR) is 87.3 cm³/mol. The molecule has 0 unspecified atom stereocenters. The van der Waals surface area contributed by atoms with Crippen LogP contribution >= 0.6 is 0 Å². The number of benzene rings is 1. The van der Waals surface area contributed by atoms with E-state index in [1.807, 2.05) is 0 Å². The SMILES string of the molecule is CC[C@@]1(O)CCC[C@@H]2CN(Cc3c(C)cccc3C)C[C@@H]21. The number of aryl methyl sites for hydroxylation is 2. The maximum absolute atomic E-state index is 10.9. The monoisotopic (exact) mass is 287 g/mol. The molecule has 1 saturated heterocycles. The second kappa shape index (κ2) is 5.73. The Bertz CT molecular complexity index is 492. The fourth-order valence-corrected chi connectivity index (χ4v) is 4.61. The average molecular weight is 287 g/mol. The van der Waals surface area contributed by atoms with Gasteiger partial charge in [0.1, 0.15) is 0 Å². The molecule has 2 nitrogen and oxygen atoms in total. The molecule has 1 aromatic carbocycles. The van der Waals surface area contributed by atoms with E-state index >= 15 is 0 Å². The molecule has 116 valence electrons. The lowest BCUT2D eigenvalue weighted by atomic mass is 9.69. The van der Waals surface area contributed by atoms with Gasteiger partial charge < -0.3 is 5.11 Å². The minimum Gasteiger partial charge on any atom is -0.390 e. The van der Waals surface area contributed by atoms with Crippen molar-refractivity contribution in [3.8, 4) is 0 Å². The Hall–Kier alpha value is -0.860. The molecule has 0 aromatic heterocycles. The normalized spacial score (nSPS) is 33.1. The maximum Gasteiger partial charge on any atom is 0.0688 e. The zero-order chi connectivity index (χ0) is 15.0. The molecule has 2 fully saturated rings. The molecule has 1 aliphatic carbocycles. The van der Waals surface area contributed by atoms with Crippen molar-refractivity contribution in [3.63, 3.8) is 0 Å². The fourth-order valence-electron chi connectivity index (χ4n) is 4.61. The summed E-state index contributed by atoms with van der Waals surface area (Å²) in [5, 5.41) is 10.9. The highest BCUT2D eigenvalue weighted by Gasteiger charge is 2.47. The first kappa shape index (κ1) is 15.1. The highest BCUT2D eigenvalue weighted by atomic mass is 16.3. The van der Waals surface area contributed by atoms with Crippen LogP contribution in [-0.4, -0.2) is 28.7 Å². The van der Waals surface area contributed by atoms with Crippen molar-refractivity contribution in [2.75, 3.05) is 13.1 Å². The van der Waals surface area contributed by atoms with Gasteiger partial charge in [-0.1, -0.05) is 31.5 Å². The Labute approximate surface area is 129 Å². The summed E-state index contributed by atoms with van der Waals surface area (Å²) in [6.07, 6.45) is 4.41. The van der Waals surface area contributed by atoms with Gasteiger partial charge in [-0.25, -0.2) is 0 Å². The van der Waals surface area contributed by atoms with Crippen LogP contribution in [-0.2, 0) is 6.54 Å². The molecule has 0 amide bonds. The lowest BCUT2D eigenvalue weighted by molar-refractivity contribution is -0.0613. The molecule has 2 heteroatoms. The van der Waals surface area contributed by atoms with Crippen molar-refractivity contribution in [3.05, 3.63) is 34.9 Å². The van der Waals surface area contributed by atoms with Gasteiger partial charge in [0.25, 0.3) is 0 Å². The van der Waals surface area contributed by atoms with Gasteiger partial charge in [-0.3, -0.25) is 4.90 Å². The van der Waals surface area contributed by atoms with Crippen molar-refractivity contribution < 1.29 is 5.11 Å². The Morgan fingerprint density at radius 3 is 2.62 bits per heavy atom. The zero-order valence-corrected chi connectivity index (χ0v) is 13.7. The second-order valence-electron chi connectivity index (χ2n) is 7.28. The van der Waals surface area contributed by atoms with E-state index in [4.69, 9.17) is 0 Å². The summed E-state index contributed by atoms with van der Waals surface area (Å²) in [7, 11) is 0. The number of likely N-dealkylation sites (tertiary alicyclic amines) is 1. The van der Waals surface area contributed by atoms with Gasteiger partial charge in [-0.2, -0.15) is 0 Å². The van der Waals surface area contributed by atoms with E-state index in [1.54, 1.807) is 0 Å². The van der Waals surface area contributed by atoms with Crippen LogP contribution in [0.2, 0.25) is 0 Å². The van der Waals surface area contributed by atoms with E-state index < -0.39 is 5.60 Å². The smallest absolute Gasteiger partial charge is 0.0688 e. The number of rotatable bonds is 3. The third kappa shape index (κ3) is 2.76. The van der Waals surface area contributed by atoms with E-state index in [1.165, 1.54) is 36.1 Å². The summed E-state index contributed by atoms with van der Waals surface area (Å²) in [5.41, 5.74) is 3.88. The van der Waals surface area contributed by atoms with Crippen LogP contribution in [0.25, 0.3) is 0 Å². The van der Waals surface area contributed by atoms with Gasteiger partial charge in [-0.05, 0) is 55.7 Å². The number of fused-ring (bicyclic) bond motifs is 1. The third-order valence-corrected chi connectivity index (χ3v) is 6.03. The summed E-state index contributed by atoms with van der Waals surface area (Å²) in [6.45, 7) is 9.87. The molecule has 1 aromatic rings. The Balaban J connectivity index is 1.75. The predicted octanol–water partition coefficient (Wildman–Crippen LogP) is 3.68. The molecule has 0 radical (unpaired) electrons. The average Bonchev–Trinajstić information content (AvgIpc) is 2.88. The molecular formula is C19H29NO. The van der Waals surface area contributed by atoms with Crippen LogP contribution in [0, 0.1) is 25.7 Å². The quantitative estimate of drug-likeness (QED) is 0.917. The first-order chi connectivity index (χ1) is 10.0. The second-order valence-corrected chi connectivity index (χ2v) is 7.28. The van der Waals surface area contributed by atoms with Gasteiger partial charge in [0.2, 0.25) is 0 Å². The molecule has 2 aliphatic rings. The first-order valence-electron chi connectivity index (χ1n) is 8.53. The molecule has 0 spiro atoms. The molecular weight excluding hydrogens is 258 g/mol. The molecule has 1 saturated carbocycles. The number of hydrogen-bond donors (Lipinski definition) is 1. The standard InChI is InChI=1S/C19H29NO/c1-4-19(21)10-6-9-16-11-20(13-18(16)19)12-17-14(2)7-5-8-15(17)3/h5,7-8,16,18,21H,4,6,9-13H2,1-3H3/t16-,18+,19-/m1/s1. The zero-order valence-electron chi connectivity index (χ0n) is 13.7. The van der Waals surface area contributed by atoms with Crippen LogP contribution < -0.4 is 0 Å². The van der Waals surface area contributed by atoms with Gasteiger partial charge in [0.15, 0.2) is 0 Å². The third-order valence-electron chi connectivity index (χ3n) is 6.03. The highest BCUT2D eigenvalue weighted by Crippen LogP contribution is 2.44. The first-order valence-corrected chi connectivity index (χ1v) is 8.53. The van der Waals surface area contributed by atoms with Crippen LogP contribution in [0.1, 0.15) is 49.3 Å². The molecule has 21 heavy (non-hydrogen) atoms. The molecule has 0 bridgehead atoms. The minimum atomic E-state index is -0.404. The van der Waals surface area contributed by atoms with Gasteiger partial charge in [0.05, 0.1) is 5.60 Å².